The lowest BCUT2D eigenvalue weighted by Gasteiger charge is -2.04. The van der Waals surface area contributed by atoms with Gasteiger partial charge in [0.25, 0.3) is 11.8 Å². The van der Waals surface area contributed by atoms with Gasteiger partial charge >= 0.3 is 0 Å². The van der Waals surface area contributed by atoms with Crippen molar-refractivity contribution in [3.63, 3.8) is 0 Å². The van der Waals surface area contributed by atoms with Gasteiger partial charge in [-0.1, -0.05) is 22.4 Å². The molecule has 0 aliphatic heterocycles. The highest BCUT2D eigenvalue weighted by Gasteiger charge is 2.15. The maximum Gasteiger partial charge on any atom is 0.273 e. The first-order chi connectivity index (χ1) is 14.2. The number of hydrogen-bond acceptors (Lipinski definition) is 8. The van der Waals surface area contributed by atoms with Crippen molar-refractivity contribution in [2.24, 2.45) is 0 Å². The van der Waals surface area contributed by atoms with Gasteiger partial charge in [0.2, 0.25) is 0 Å². The molecule has 29 heavy (non-hydrogen) atoms. The second-order valence-corrected chi connectivity index (χ2v) is 6.14. The molecule has 3 heterocycles. The van der Waals surface area contributed by atoms with Crippen molar-refractivity contribution < 1.29 is 18.6 Å². The fourth-order valence-corrected chi connectivity index (χ4v) is 2.61. The van der Waals surface area contributed by atoms with Crippen LogP contribution in [-0.2, 0) is 13.0 Å². The number of amides is 1. The minimum Gasteiger partial charge on any atom is -0.497 e. The summed E-state index contributed by atoms with van der Waals surface area (Å²) >= 11 is 0. The normalized spacial score (nSPS) is 10.7. The van der Waals surface area contributed by atoms with E-state index in [1.807, 2.05) is 24.3 Å². The third kappa shape index (κ3) is 4.46. The monoisotopic (exact) mass is 391 g/mol. The van der Waals surface area contributed by atoms with E-state index in [-0.39, 0.29) is 18.0 Å². The van der Waals surface area contributed by atoms with Crippen molar-refractivity contribution in [2.45, 2.75) is 13.0 Å². The molecule has 0 unspecified atom stereocenters. The summed E-state index contributed by atoms with van der Waals surface area (Å²) in [5.74, 6) is 1.70. The molecule has 0 radical (unpaired) electrons. The van der Waals surface area contributed by atoms with Crippen LogP contribution < -0.4 is 10.1 Å². The van der Waals surface area contributed by atoms with Gasteiger partial charge in [0, 0.05) is 30.6 Å². The fraction of sp³-hybridized carbons (Fsp3) is 0.150. The first-order valence-electron chi connectivity index (χ1n) is 8.81. The van der Waals surface area contributed by atoms with Gasteiger partial charge in [-0.3, -0.25) is 9.78 Å². The molecule has 3 aromatic heterocycles. The van der Waals surface area contributed by atoms with Crippen molar-refractivity contribution in [3.05, 3.63) is 77.7 Å². The Hall–Kier alpha value is -4.01. The van der Waals surface area contributed by atoms with E-state index in [0.717, 1.165) is 16.9 Å². The zero-order valence-electron chi connectivity index (χ0n) is 15.5. The Balaban J connectivity index is 1.35. The fourth-order valence-electron chi connectivity index (χ4n) is 2.61. The molecule has 146 valence electrons. The van der Waals surface area contributed by atoms with Crippen molar-refractivity contribution in [1.29, 1.82) is 0 Å². The summed E-state index contributed by atoms with van der Waals surface area (Å²) in [6, 6.07) is 12.5. The van der Waals surface area contributed by atoms with Gasteiger partial charge in [0.05, 0.1) is 13.5 Å². The molecule has 0 atom stereocenters. The summed E-state index contributed by atoms with van der Waals surface area (Å²) in [5, 5.41) is 10.5. The molecule has 4 rings (SSSR count). The summed E-state index contributed by atoms with van der Waals surface area (Å²) in [7, 11) is 1.60. The van der Waals surface area contributed by atoms with E-state index < -0.39 is 0 Å². The molecule has 0 spiro atoms. The predicted octanol–water partition coefficient (Wildman–Crippen LogP) is 2.65. The molecule has 0 aliphatic rings. The van der Waals surface area contributed by atoms with Gasteiger partial charge in [-0.2, -0.15) is 4.98 Å². The number of pyridine rings is 1. The summed E-state index contributed by atoms with van der Waals surface area (Å²) in [6.07, 6.45) is 3.55. The molecule has 0 saturated carbocycles. The molecule has 0 fully saturated rings. The number of methoxy groups -OCH3 is 1. The molecule has 1 N–H and O–H groups in total. The highest BCUT2D eigenvalue weighted by molar-refractivity contribution is 5.92. The van der Waals surface area contributed by atoms with E-state index in [9.17, 15) is 4.79 Å². The lowest BCUT2D eigenvalue weighted by atomic mass is 10.2. The van der Waals surface area contributed by atoms with Crippen LogP contribution in [0.4, 0.5) is 0 Å². The number of aromatic nitrogens is 4. The van der Waals surface area contributed by atoms with Crippen LogP contribution in [0.25, 0.3) is 11.5 Å². The lowest BCUT2D eigenvalue weighted by Crippen LogP contribution is -2.23. The van der Waals surface area contributed by atoms with Crippen LogP contribution in [0, 0.1) is 0 Å². The Morgan fingerprint density at radius 3 is 2.62 bits per heavy atom. The molecule has 9 nitrogen and oxygen atoms in total. The second kappa shape index (κ2) is 8.34. The highest BCUT2D eigenvalue weighted by Crippen LogP contribution is 2.17. The number of nitrogens with one attached hydrogen (secondary N) is 1. The van der Waals surface area contributed by atoms with Crippen LogP contribution >= 0.6 is 0 Å². The molecule has 1 amide bonds. The van der Waals surface area contributed by atoms with Crippen LogP contribution in [0.15, 0.2) is 63.9 Å². The largest absolute Gasteiger partial charge is 0.497 e. The number of carbonyl (C=O) groups is 1. The molecule has 0 saturated heterocycles. The average molecular weight is 391 g/mol. The molecule has 0 aliphatic carbocycles. The van der Waals surface area contributed by atoms with Gasteiger partial charge in [-0.25, -0.2) is 0 Å². The van der Waals surface area contributed by atoms with Crippen LogP contribution in [0.1, 0.15) is 27.6 Å². The van der Waals surface area contributed by atoms with E-state index in [1.165, 1.54) is 0 Å². The summed E-state index contributed by atoms with van der Waals surface area (Å²) in [6.45, 7) is 0.366. The van der Waals surface area contributed by atoms with Gasteiger partial charge in [-0.15, -0.1) is 0 Å². The van der Waals surface area contributed by atoms with Crippen molar-refractivity contribution in [3.8, 4) is 17.2 Å². The van der Waals surface area contributed by atoms with Gasteiger partial charge in [0.1, 0.15) is 11.5 Å². The van der Waals surface area contributed by atoms with Crippen molar-refractivity contribution in [1.82, 2.24) is 25.6 Å². The minimum absolute atomic E-state index is 0.186. The van der Waals surface area contributed by atoms with E-state index in [2.05, 4.69) is 25.6 Å². The SMILES string of the molecule is COc1ccc(CNC(=O)c2cc(Cc3noc(-c4ccncc4)n3)on2)cc1. The quantitative estimate of drug-likeness (QED) is 0.511. The second-order valence-electron chi connectivity index (χ2n) is 6.14. The van der Waals surface area contributed by atoms with E-state index in [0.29, 0.717) is 24.0 Å². The number of ether oxygens (including phenoxy) is 1. The molecule has 0 bridgehead atoms. The average Bonchev–Trinajstić information content (AvgIpc) is 3.43. The van der Waals surface area contributed by atoms with E-state index in [4.69, 9.17) is 13.8 Å². The number of rotatable bonds is 7. The minimum atomic E-state index is -0.332. The van der Waals surface area contributed by atoms with Gasteiger partial charge in [0.15, 0.2) is 11.5 Å². The highest BCUT2D eigenvalue weighted by atomic mass is 16.5. The van der Waals surface area contributed by atoms with Gasteiger partial charge in [-0.05, 0) is 29.8 Å². The van der Waals surface area contributed by atoms with Crippen molar-refractivity contribution >= 4 is 5.91 Å². The number of nitrogens with zero attached hydrogens (tertiary/aromatic N) is 4. The summed E-state index contributed by atoms with van der Waals surface area (Å²) in [4.78, 5) is 20.5. The summed E-state index contributed by atoms with van der Waals surface area (Å²) < 4.78 is 15.6. The Morgan fingerprint density at radius 1 is 1.07 bits per heavy atom. The van der Waals surface area contributed by atoms with Crippen LogP contribution in [0.2, 0.25) is 0 Å². The molecular weight excluding hydrogens is 374 g/mol. The zero-order chi connectivity index (χ0) is 20.1. The van der Waals surface area contributed by atoms with E-state index in [1.54, 1.807) is 37.7 Å². The maximum absolute atomic E-state index is 12.3. The van der Waals surface area contributed by atoms with Gasteiger partial charge < -0.3 is 19.1 Å². The smallest absolute Gasteiger partial charge is 0.273 e. The van der Waals surface area contributed by atoms with Crippen LogP contribution in [-0.4, -0.2) is 33.3 Å². The van der Waals surface area contributed by atoms with Crippen LogP contribution in [0.5, 0.6) is 5.75 Å². The number of hydrogen-bond donors (Lipinski definition) is 1. The first kappa shape index (κ1) is 18.4. The first-order valence-corrected chi connectivity index (χ1v) is 8.81. The number of benzene rings is 1. The molecule has 9 heteroatoms. The molecular formula is C20H17N5O4. The topological polar surface area (TPSA) is 116 Å². The van der Waals surface area contributed by atoms with Crippen molar-refractivity contribution in [2.75, 3.05) is 7.11 Å². The third-order valence-corrected chi connectivity index (χ3v) is 4.13. The summed E-state index contributed by atoms with van der Waals surface area (Å²) in [5.41, 5.74) is 1.90. The molecule has 1 aromatic carbocycles. The Kier molecular flexibility index (Phi) is 5.28. The Labute approximate surface area is 165 Å². The lowest BCUT2D eigenvalue weighted by molar-refractivity contribution is 0.0941. The number of carbonyl (C=O) groups excluding carboxylic acids is 1. The van der Waals surface area contributed by atoms with Crippen LogP contribution in [0.3, 0.4) is 0 Å². The van der Waals surface area contributed by atoms with E-state index >= 15 is 0 Å². The maximum atomic E-state index is 12.3. The predicted molar refractivity (Wildman–Crippen MR) is 101 cm³/mol. The third-order valence-electron chi connectivity index (χ3n) is 4.13. The molecule has 4 aromatic rings. The zero-order valence-corrected chi connectivity index (χ0v) is 15.5. The Bertz CT molecular complexity index is 1090. The standard InChI is InChI=1S/C20H17N5O4/c1-27-15-4-2-13(3-5-15)12-22-19(26)17-10-16(28-24-17)11-18-23-20(29-25-18)14-6-8-21-9-7-14/h2-10H,11-12H2,1H3,(H,22,26). The Morgan fingerprint density at radius 2 is 1.86 bits per heavy atom.